The average Bonchev–Trinajstić information content (AvgIpc) is 2.79. The highest BCUT2D eigenvalue weighted by Gasteiger charge is 2.21. The summed E-state index contributed by atoms with van der Waals surface area (Å²) in [5, 5.41) is 16.2. The highest BCUT2D eigenvalue weighted by Crippen LogP contribution is 2.24. The van der Waals surface area contributed by atoms with Crippen molar-refractivity contribution in [2.75, 3.05) is 6.54 Å². The Morgan fingerprint density at radius 1 is 1.30 bits per heavy atom. The van der Waals surface area contributed by atoms with Crippen molar-refractivity contribution in [3.63, 3.8) is 0 Å². The largest absolute Gasteiger partial charge is 0.459 e. The lowest BCUT2D eigenvalue weighted by Gasteiger charge is -2.26. The Hall–Kier alpha value is -2.01. The van der Waals surface area contributed by atoms with Gasteiger partial charge in [0, 0.05) is 17.5 Å². The molecule has 0 aliphatic rings. The van der Waals surface area contributed by atoms with Gasteiger partial charge in [-0.2, -0.15) is 0 Å². The number of aryl methyl sites for hydroxylation is 1. The first-order valence-corrected chi connectivity index (χ1v) is 7.95. The quantitative estimate of drug-likeness (QED) is 0.764. The molecule has 23 heavy (non-hydrogen) atoms. The zero-order valence-electron chi connectivity index (χ0n) is 14.3. The van der Waals surface area contributed by atoms with Crippen LogP contribution in [0.15, 0.2) is 28.7 Å². The molecular formula is C18H26N2O3. The second kappa shape index (κ2) is 7.04. The lowest BCUT2D eigenvalue weighted by atomic mass is 9.87. The summed E-state index contributed by atoms with van der Waals surface area (Å²) in [6, 6.07) is 7.60. The van der Waals surface area contributed by atoms with E-state index < -0.39 is 0 Å². The van der Waals surface area contributed by atoms with Gasteiger partial charge in [0.05, 0.1) is 12.6 Å². The monoisotopic (exact) mass is 318 g/mol. The Balaban J connectivity index is 1.87. The van der Waals surface area contributed by atoms with Crippen LogP contribution in [0, 0.1) is 12.3 Å². The standard InChI is InChI=1S/C18H26N2O3/c1-12(21)9-18(3,4)11-20-17(22)19-10-16-13(2)14-7-5-6-8-15(14)23-16/h5-8,12,21H,9-11H2,1-4H3,(H2,19,20,22). The summed E-state index contributed by atoms with van der Waals surface area (Å²) < 4.78 is 5.77. The molecule has 0 spiro atoms. The van der Waals surface area contributed by atoms with E-state index in [1.807, 2.05) is 45.0 Å². The molecule has 1 aromatic heterocycles. The molecule has 2 aromatic rings. The summed E-state index contributed by atoms with van der Waals surface area (Å²) in [5.41, 5.74) is 1.73. The van der Waals surface area contributed by atoms with Crippen LogP contribution in [0.2, 0.25) is 0 Å². The molecule has 0 aliphatic carbocycles. The Morgan fingerprint density at radius 3 is 2.65 bits per heavy atom. The molecule has 1 aromatic carbocycles. The zero-order chi connectivity index (χ0) is 17.0. The van der Waals surface area contributed by atoms with E-state index in [0.29, 0.717) is 19.5 Å². The van der Waals surface area contributed by atoms with Gasteiger partial charge in [-0.25, -0.2) is 4.79 Å². The van der Waals surface area contributed by atoms with Crippen LogP contribution >= 0.6 is 0 Å². The van der Waals surface area contributed by atoms with Crippen LogP contribution in [0.1, 0.15) is 38.5 Å². The maximum Gasteiger partial charge on any atom is 0.315 e. The number of nitrogens with one attached hydrogen (secondary N) is 2. The highest BCUT2D eigenvalue weighted by atomic mass is 16.3. The number of aliphatic hydroxyl groups excluding tert-OH is 1. The number of fused-ring (bicyclic) bond motifs is 1. The molecule has 1 heterocycles. The van der Waals surface area contributed by atoms with E-state index in [4.69, 9.17) is 4.42 Å². The maximum absolute atomic E-state index is 11.9. The van der Waals surface area contributed by atoms with Gasteiger partial charge in [0.15, 0.2) is 0 Å². The Morgan fingerprint density at radius 2 is 2.00 bits per heavy atom. The molecule has 1 unspecified atom stereocenters. The molecule has 1 atom stereocenters. The normalized spacial score (nSPS) is 13.1. The molecular weight excluding hydrogens is 292 g/mol. The molecule has 5 nitrogen and oxygen atoms in total. The smallest absolute Gasteiger partial charge is 0.315 e. The van der Waals surface area contributed by atoms with Crippen molar-refractivity contribution in [3.8, 4) is 0 Å². The highest BCUT2D eigenvalue weighted by molar-refractivity contribution is 5.82. The van der Waals surface area contributed by atoms with Crippen LogP contribution in [0.5, 0.6) is 0 Å². The number of para-hydroxylation sites is 1. The van der Waals surface area contributed by atoms with Crippen molar-refractivity contribution < 1.29 is 14.3 Å². The fourth-order valence-corrected chi connectivity index (χ4v) is 2.81. The zero-order valence-corrected chi connectivity index (χ0v) is 14.3. The number of amides is 2. The Kier molecular flexibility index (Phi) is 5.31. The number of aliphatic hydroxyl groups is 1. The molecule has 5 heteroatoms. The molecule has 2 rings (SSSR count). The van der Waals surface area contributed by atoms with Crippen LogP contribution in [0.4, 0.5) is 4.79 Å². The minimum Gasteiger partial charge on any atom is -0.459 e. The molecule has 0 saturated heterocycles. The van der Waals surface area contributed by atoms with Gasteiger partial charge in [0.2, 0.25) is 0 Å². The summed E-state index contributed by atoms with van der Waals surface area (Å²) in [5.74, 6) is 0.768. The second-order valence-electron chi connectivity index (χ2n) is 6.90. The summed E-state index contributed by atoms with van der Waals surface area (Å²) in [6.45, 7) is 8.64. The van der Waals surface area contributed by atoms with Gasteiger partial charge in [-0.15, -0.1) is 0 Å². The van der Waals surface area contributed by atoms with Crippen molar-refractivity contribution in [2.24, 2.45) is 5.41 Å². The van der Waals surface area contributed by atoms with E-state index >= 15 is 0 Å². The molecule has 0 radical (unpaired) electrons. The average molecular weight is 318 g/mol. The van der Waals surface area contributed by atoms with Crippen LogP contribution in [-0.2, 0) is 6.54 Å². The third-order valence-electron chi connectivity index (χ3n) is 3.93. The molecule has 0 fully saturated rings. The fraction of sp³-hybridized carbons (Fsp3) is 0.500. The summed E-state index contributed by atoms with van der Waals surface area (Å²) >= 11 is 0. The predicted octanol–water partition coefficient (Wildman–Crippen LogP) is 3.34. The number of carbonyl (C=O) groups is 1. The fourth-order valence-electron chi connectivity index (χ4n) is 2.81. The van der Waals surface area contributed by atoms with Gasteiger partial charge in [-0.1, -0.05) is 32.0 Å². The Labute approximate surface area is 137 Å². The number of furan rings is 1. The van der Waals surface area contributed by atoms with Crippen molar-refractivity contribution >= 4 is 17.0 Å². The predicted molar refractivity (Wildman–Crippen MR) is 91.3 cm³/mol. The van der Waals surface area contributed by atoms with Crippen molar-refractivity contribution in [1.29, 1.82) is 0 Å². The summed E-state index contributed by atoms with van der Waals surface area (Å²) in [6.07, 6.45) is 0.253. The lowest BCUT2D eigenvalue weighted by molar-refractivity contribution is 0.129. The SMILES string of the molecule is Cc1c(CNC(=O)NCC(C)(C)CC(C)O)oc2ccccc12. The third kappa shape index (κ3) is 4.73. The van der Waals surface area contributed by atoms with Crippen LogP contribution in [-0.4, -0.2) is 23.8 Å². The maximum atomic E-state index is 11.9. The first kappa shape index (κ1) is 17.3. The van der Waals surface area contributed by atoms with Gasteiger partial charge in [-0.3, -0.25) is 0 Å². The topological polar surface area (TPSA) is 74.5 Å². The van der Waals surface area contributed by atoms with E-state index in [1.54, 1.807) is 6.92 Å². The molecule has 2 amide bonds. The number of carbonyl (C=O) groups excluding carboxylic acids is 1. The van der Waals surface area contributed by atoms with Gasteiger partial charge >= 0.3 is 6.03 Å². The minimum absolute atomic E-state index is 0.152. The van der Waals surface area contributed by atoms with E-state index in [-0.39, 0.29) is 17.6 Å². The molecule has 3 N–H and O–H groups in total. The number of rotatable bonds is 6. The van der Waals surface area contributed by atoms with Crippen molar-refractivity contribution in [3.05, 3.63) is 35.6 Å². The minimum atomic E-state index is -0.381. The first-order valence-electron chi connectivity index (χ1n) is 7.95. The van der Waals surface area contributed by atoms with E-state index in [1.165, 1.54) is 0 Å². The van der Waals surface area contributed by atoms with Gasteiger partial charge in [0.1, 0.15) is 11.3 Å². The van der Waals surface area contributed by atoms with Gasteiger partial charge < -0.3 is 20.2 Å². The van der Waals surface area contributed by atoms with E-state index in [9.17, 15) is 9.90 Å². The third-order valence-corrected chi connectivity index (χ3v) is 3.93. The van der Waals surface area contributed by atoms with Gasteiger partial charge in [-0.05, 0) is 31.7 Å². The van der Waals surface area contributed by atoms with Crippen molar-refractivity contribution in [2.45, 2.75) is 46.8 Å². The number of urea groups is 1. The van der Waals surface area contributed by atoms with E-state index in [2.05, 4.69) is 10.6 Å². The second-order valence-corrected chi connectivity index (χ2v) is 6.90. The number of benzene rings is 1. The Bertz CT molecular complexity index is 674. The molecule has 0 bridgehead atoms. The number of hydrogen-bond acceptors (Lipinski definition) is 3. The van der Waals surface area contributed by atoms with Crippen LogP contribution in [0.25, 0.3) is 11.0 Å². The summed E-state index contributed by atoms with van der Waals surface area (Å²) in [7, 11) is 0. The molecule has 0 aliphatic heterocycles. The van der Waals surface area contributed by atoms with Crippen LogP contribution < -0.4 is 10.6 Å². The molecule has 126 valence electrons. The number of hydrogen-bond donors (Lipinski definition) is 3. The molecule has 0 saturated carbocycles. The van der Waals surface area contributed by atoms with Crippen LogP contribution in [0.3, 0.4) is 0 Å². The lowest BCUT2D eigenvalue weighted by Crippen LogP contribution is -2.41. The first-order chi connectivity index (χ1) is 10.8. The van der Waals surface area contributed by atoms with E-state index in [0.717, 1.165) is 22.3 Å². The van der Waals surface area contributed by atoms with Crippen molar-refractivity contribution in [1.82, 2.24) is 10.6 Å². The van der Waals surface area contributed by atoms with Gasteiger partial charge in [0.25, 0.3) is 0 Å². The summed E-state index contributed by atoms with van der Waals surface area (Å²) in [4.78, 5) is 11.9.